The first kappa shape index (κ1) is 18.0. The first-order valence-electron chi connectivity index (χ1n) is 8.38. The summed E-state index contributed by atoms with van der Waals surface area (Å²) in [5.41, 5.74) is 0.671. The molecule has 1 aliphatic carbocycles. The molecule has 2 aliphatic rings. The quantitative estimate of drug-likeness (QED) is 0.747. The number of rotatable bonds is 5. The Morgan fingerprint density at radius 3 is 2.52 bits per heavy atom. The summed E-state index contributed by atoms with van der Waals surface area (Å²) in [6.45, 7) is 0. The van der Waals surface area contributed by atoms with Gasteiger partial charge in [-0.3, -0.25) is 4.79 Å². The Bertz CT molecular complexity index is 1040. The molecular formula is C18H16ClN3O4S. The van der Waals surface area contributed by atoms with Crippen molar-refractivity contribution in [3.8, 4) is 0 Å². The average molecular weight is 406 g/mol. The molecule has 0 radical (unpaired) electrons. The second-order valence-corrected chi connectivity index (χ2v) is 8.59. The van der Waals surface area contributed by atoms with E-state index in [2.05, 4.69) is 10.0 Å². The molecule has 3 amide bonds. The van der Waals surface area contributed by atoms with E-state index in [1.807, 2.05) is 0 Å². The molecule has 7 nitrogen and oxygen atoms in total. The largest absolute Gasteiger partial charge is 0.329 e. The second-order valence-electron chi connectivity index (χ2n) is 6.47. The highest BCUT2D eigenvalue weighted by Gasteiger charge is 2.41. The molecule has 1 unspecified atom stereocenters. The third-order valence-electron chi connectivity index (χ3n) is 4.44. The molecule has 1 aliphatic heterocycles. The van der Waals surface area contributed by atoms with Crippen molar-refractivity contribution in [1.29, 1.82) is 0 Å². The van der Waals surface area contributed by atoms with E-state index in [0.717, 1.165) is 17.7 Å². The summed E-state index contributed by atoms with van der Waals surface area (Å²) in [5.74, 6) is -0.516. The van der Waals surface area contributed by atoms with Crippen molar-refractivity contribution in [3.05, 3.63) is 59.1 Å². The smallest absolute Gasteiger partial charge is 0.321 e. The number of hydrogen-bond donors (Lipinski definition) is 2. The van der Waals surface area contributed by atoms with Gasteiger partial charge in [0.2, 0.25) is 10.0 Å². The lowest BCUT2D eigenvalue weighted by Crippen LogP contribution is -2.31. The van der Waals surface area contributed by atoms with E-state index in [-0.39, 0.29) is 16.6 Å². The third kappa shape index (κ3) is 3.43. The average Bonchev–Trinajstić information content (AvgIpc) is 3.38. The monoisotopic (exact) mass is 405 g/mol. The molecule has 1 atom stereocenters. The summed E-state index contributed by atoms with van der Waals surface area (Å²) in [5, 5.41) is 2.96. The van der Waals surface area contributed by atoms with Crippen molar-refractivity contribution in [1.82, 2.24) is 10.0 Å². The third-order valence-corrected chi connectivity index (χ3v) is 6.30. The van der Waals surface area contributed by atoms with Gasteiger partial charge in [-0.1, -0.05) is 35.9 Å². The molecule has 9 heteroatoms. The molecule has 1 saturated heterocycles. The van der Waals surface area contributed by atoms with Crippen LogP contribution in [0.4, 0.5) is 10.5 Å². The highest BCUT2D eigenvalue weighted by Crippen LogP contribution is 2.32. The Kier molecular flexibility index (Phi) is 4.41. The number of amides is 3. The van der Waals surface area contributed by atoms with Crippen molar-refractivity contribution < 1.29 is 18.0 Å². The molecule has 2 aromatic rings. The zero-order valence-electron chi connectivity index (χ0n) is 14.1. The summed E-state index contributed by atoms with van der Waals surface area (Å²) in [6.07, 6.45) is 1.62. The molecule has 2 fully saturated rings. The van der Waals surface area contributed by atoms with E-state index in [1.165, 1.54) is 24.3 Å². The maximum Gasteiger partial charge on any atom is 0.329 e. The molecule has 1 saturated carbocycles. The van der Waals surface area contributed by atoms with Crippen LogP contribution in [0.3, 0.4) is 0 Å². The zero-order valence-corrected chi connectivity index (χ0v) is 15.6. The molecule has 4 rings (SSSR count). The Labute approximate surface area is 161 Å². The number of halogens is 1. The standard InChI is InChI=1S/C18H16ClN3O4S/c19-15-7-2-1-6-14(15)16-17(23)22(18(24)20-16)12-4-3-5-13(10-12)27(25,26)21-11-8-9-11/h1-7,10-11,16,21H,8-9H2,(H,20,24). The van der Waals surface area contributed by atoms with E-state index in [0.29, 0.717) is 10.6 Å². The predicted octanol–water partition coefficient (Wildman–Crippen LogP) is 2.58. The van der Waals surface area contributed by atoms with Gasteiger partial charge in [0.05, 0.1) is 10.6 Å². The van der Waals surface area contributed by atoms with Crippen LogP contribution < -0.4 is 14.9 Å². The van der Waals surface area contributed by atoms with Crippen LogP contribution >= 0.6 is 11.6 Å². The molecule has 2 aromatic carbocycles. The molecule has 0 spiro atoms. The number of benzene rings is 2. The normalized spacial score (nSPS) is 20.0. The number of nitrogens with zero attached hydrogens (tertiary/aromatic N) is 1. The van der Waals surface area contributed by atoms with E-state index >= 15 is 0 Å². The summed E-state index contributed by atoms with van der Waals surface area (Å²) in [4.78, 5) is 26.2. The fourth-order valence-corrected chi connectivity index (χ4v) is 4.51. The zero-order chi connectivity index (χ0) is 19.2. The number of hydrogen-bond acceptors (Lipinski definition) is 4. The number of urea groups is 1. The predicted molar refractivity (Wildman–Crippen MR) is 100.0 cm³/mol. The van der Waals surface area contributed by atoms with Crippen LogP contribution in [-0.4, -0.2) is 26.4 Å². The highest BCUT2D eigenvalue weighted by molar-refractivity contribution is 7.89. The lowest BCUT2D eigenvalue weighted by Gasteiger charge is -2.15. The van der Waals surface area contributed by atoms with Crippen LogP contribution in [0.5, 0.6) is 0 Å². The number of carbonyl (C=O) groups is 2. The van der Waals surface area contributed by atoms with E-state index < -0.39 is 28.0 Å². The first-order chi connectivity index (χ1) is 12.9. The molecule has 1 heterocycles. The minimum atomic E-state index is -3.70. The van der Waals surface area contributed by atoms with Crippen molar-refractivity contribution in [2.45, 2.75) is 29.8 Å². The SMILES string of the molecule is O=C1NC(c2ccccc2Cl)C(=O)N1c1cccc(S(=O)(=O)NC2CC2)c1. The Hall–Kier alpha value is -2.42. The molecule has 27 heavy (non-hydrogen) atoms. The van der Waals surface area contributed by atoms with Crippen LogP contribution in [0.15, 0.2) is 53.4 Å². The summed E-state index contributed by atoms with van der Waals surface area (Å²) >= 11 is 6.14. The Morgan fingerprint density at radius 2 is 1.81 bits per heavy atom. The van der Waals surface area contributed by atoms with Crippen molar-refractivity contribution in [2.75, 3.05) is 4.90 Å². The van der Waals surface area contributed by atoms with Crippen molar-refractivity contribution >= 4 is 39.2 Å². The van der Waals surface area contributed by atoms with Crippen LogP contribution in [-0.2, 0) is 14.8 Å². The van der Waals surface area contributed by atoms with Gasteiger partial charge in [0.1, 0.15) is 6.04 Å². The Balaban J connectivity index is 1.65. The fraction of sp³-hybridized carbons (Fsp3) is 0.222. The molecular weight excluding hydrogens is 390 g/mol. The molecule has 0 bridgehead atoms. The summed E-state index contributed by atoms with van der Waals surface area (Å²) < 4.78 is 27.4. The van der Waals surface area contributed by atoms with Crippen molar-refractivity contribution in [2.24, 2.45) is 0 Å². The van der Waals surface area contributed by atoms with Gasteiger partial charge in [-0.2, -0.15) is 0 Å². The van der Waals surface area contributed by atoms with E-state index in [4.69, 9.17) is 11.6 Å². The lowest BCUT2D eigenvalue weighted by atomic mass is 10.1. The number of anilines is 1. The summed E-state index contributed by atoms with van der Waals surface area (Å²) in [7, 11) is -3.70. The minimum Gasteiger partial charge on any atom is -0.321 e. The number of sulfonamides is 1. The molecule has 0 aromatic heterocycles. The van der Waals surface area contributed by atoms with Crippen LogP contribution in [0.25, 0.3) is 0 Å². The Morgan fingerprint density at radius 1 is 1.07 bits per heavy atom. The summed E-state index contributed by atoms with van der Waals surface area (Å²) in [6, 6.07) is 10.9. The van der Waals surface area contributed by atoms with E-state index in [1.54, 1.807) is 24.3 Å². The number of nitrogens with one attached hydrogen (secondary N) is 2. The van der Waals surface area contributed by atoms with Gasteiger partial charge in [-0.25, -0.2) is 22.8 Å². The van der Waals surface area contributed by atoms with Crippen LogP contribution in [0.2, 0.25) is 5.02 Å². The van der Waals surface area contributed by atoms with Gasteiger partial charge in [-0.15, -0.1) is 0 Å². The fourth-order valence-electron chi connectivity index (χ4n) is 2.92. The second kappa shape index (κ2) is 6.63. The lowest BCUT2D eigenvalue weighted by molar-refractivity contribution is -0.118. The topological polar surface area (TPSA) is 95.6 Å². The first-order valence-corrected chi connectivity index (χ1v) is 10.2. The molecule has 140 valence electrons. The number of imide groups is 1. The van der Waals surface area contributed by atoms with Gasteiger partial charge in [0.25, 0.3) is 5.91 Å². The van der Waals surface area contributed by atoms with Gasteiger partial charge >= 0.3 is 6.03 Å². The van der Waals surface area contributed by atoms with E-state index in [9.17, 15) is 18.0 Å². The molecule has 2 N–H and O–H groups in total. The minimum absolute atomic E-state index is 0.00805. The van der Waals surface area contributed by atoms with Crippen LogP contribution in [0, 0.1) is 0 Å². The maximum atomic E-state index is 12.8. The van der Waals surface area contributed by atoms with Gasteiger partial charge in [0.15, 0.2) is 0 Å². The van der Waals surface area contributed by atoms with Crippen molar-refractivity contribution in [3.63, 3.8) is 0 Å². The van der Waals surface area contributed by atoms with Crippen LogP contribution in [0.1, 0.15) is 24.4 Å². The number of carbonyl (C=O) groups excluding carboxylic acids is 2. The maximum absolute atomic E-state index is 12.8. The highest BCUT2D eigenvalue weighted by atomic mass is 35.5. The van der Waals surface area contributed by atoms with Gasteiger partial charge < -0.3 is 5.32 Å². The van der Waals surface area contributed by atoms with Gasteiger partial charge in [0, 0.05) is 16.6 Å². The van der Waals surface area contributed by atoms with Gasteiger partial charge in [-0.05, 0) is 37.1 Å².